The fraction of sp³-hybridized carbons (Fsp3) is 0.250. The highest BCUT2D eigenvalue weighted by molar-refractivity contribution is 7.99. The Labute approximate surface area is 156 Å². The summed E-state index contributed by atoms with van der Waals surface area (Å²) >= 11 is 7.69. The minimum atomic E-state index is -4.01. The molecule has 1 N–H and O–H groups in total. The number of nitrogens with one attached hydrogen (secondary N) is 1. The van der Waals surface area contributed by atoms with Crippen LogP contribution in [0.2, 0.25) is 5.02 Å². The Morgan fingerprint density at radius 1 is 1.08 bits per heavy atom. The maximum Gasteiger partial charge on any atom is 0.242 e. The lowest BCUT2D eigenvalue weighted by molar-refractivity contribution is 0.542. The van der Waals surface area contributed by atoms with E-state index in [-0.39, 0.29) is 9.79 Å². The molecule has 2 aromatic carbocycles. The Kier molecular flexibility index (Phi) is 5.18. The molecule has 0 bridgehead atoms. The molecule has 1 aliphatic rings. The number of halogens is 1. The molecule has 0 spiro atoms. The van der Waals surface area contributed by atoms with Gasteiger partial charge in [-0.3, -0.25) is 0 Å². The molecule has 3 rings (SSSR count). The first-order valence-electron chi connectivity index (χ1n) is 7.42. The SMILES string of the molecule is CS(=O)(=O)c1ccccc1S(=O)(=O)NC1CCSc2ccc(Cl)cc21. The Balaban J connectivity index is 2.02. The Morgan fingerprint density at radius 2 is 1.76 bits per heavy atom. The molecule has 0 saturated heterocycles. The molecule has 5 nitrogen and oxygen atoms in total. The predicted molar refractivity (Wildman–Crippen MR) is 99.4 cm³/mol. The number of sulfonamides is 1. The minimum absolute atomic E-state index is 0.209. The Morgan fingerprint density at radius 3 is 2.44 bits per heavy atom. The molecule has 0 amide bonds. The number of fused-ring (bicyclic) bond motifs is 1. The van der Waals surface area contributed by atoms with E-state index in [0.29, 0.717) is 11.4 Å². The maximum absolute atomic E-state index is 12.8. The van der Waals surface area contributed by atoms with Gasteiger partial charge in [-0.2, -0.15) is 0 Å². The van der Waals surface area contributed by atoms with Gasteiger partial charge in [0.1, 0.15) is 4.90 Å². The van der Waals surface area contributed by atoms with Gasteiger partial charge >= 0.3 is 0 Å². The third-order valence-electron chi connectivity index (χ3n) is 3.85. The summed E-state index contributed by atoms with van der Waals surface area (Å²) in [5.74, 6) is 0.759. The van der Waals surface area contributed by atoms with Gasteiger partial charge < -0.3 is 0 Å². The number of thioether (sulfide) groups is 1. The molecular weight excluding hydrogens is 402 g/mol. The zero-order valence-corrected chi connectivity index (χ0v) is 16.5. The second kappa shape index (κ2) is 6.92. The van der Waals surface area contributed by atoms with Crippen LogP contribution in [0.5, 0.6) is 0 Å². The number of hydrogen-bond acceptors (Lipinski definition) is 5. The van der Waals surface area contributed by atoms with Crippen molar-refractivity contribution in [2.45, 2.75) is 27.1 Å². The van der Waals surface area contributed by atoms with Crippen molar-refractivity contribution < 1.29 is 16.8 Å². The highest BCUT2D eigenvalue weighted by Crippen LogP contribution is 2.38. The van der Waals surface area contributed by atoms with Gasteiger partial charge in [0.2, 0.25) is 10.0 Å². The zero-order valence-electron chi connectivity index (χ0n) is 13.3. The van der Waals surface area contributed by atoms with Crippen LogP contribution in [-0.2, 0) is 19.9 Å². The number of benzene rings is 2. The van der Waals surface area contributed by atoms with Gasteiger partial charge in [-0.15, -0.1) is 11.8 Å². The molecule has 1 unspecified atom stereocenters. The van der Waals surface area contributed by atoms with Gasteiger partial charge in [-0.05, 0) is 48.1 Å². The fourth-order valence-corrected chi connectivity index (χ4v) is 6.88. The minimum Gasteiger partial charge on any atom is -0.224 e. The summed E-state index contributed by atoms with van der Waals surface area (Å²) in [5, 5.41) is 0.530. The van der Waals surface area contributed by atoms with Gasteiger partial charge in [-0.1, -0.05) is 23.7 Å². The third kappa shape index (κ3) is 4.03. The maximum atomic E-state index is 12.8. The Hall–Kier alpha value is -1.06. The van der Waals surface area contributed by atoms with Crippen LogP contribution in [0.25, 0.3) is 0 Å². The van der Waals surface area contributed by atoms with E-state index < -0.39 is 25.9 Å². The first-order valence-corrected chi connectivity index (χ1v) is 12.2. The van der Waals surface area contributed by atoms with Gasteiger partial charge in [0.05, 0.1) is 4.90 Å². The molecule has 9 heteroatoms. The van der Waals surface area contributed by atoms with Crippen molar-refractivity contribution in [3.05, 3.63) is 53.1 Å². The van der Waals surface area contributed by atoms with Crippen LogP contribution < -0.4 is 4.72 Å². The quantitative estimate of drug-likeness (QED) is 0.825. The molecule has 1 heterocycles. The summed E-state index contributed by atoms with van der Waals surface area (Å²) in [6.45, 7) is 0. The number of sulfone groups is 1. The Bertz CT molecular complexity index is 1020. The van der Waals surface area contributed by atoms with Gasteiger partial charge in [-0.25, -0.2) is 21.6 Å². The zero-order chi connectivity index (χ0) is 18.2. The van der Waals surface area contributed by atoms with Crippen LogP contribution >= 0.6 is 23.4 Å². The molecule has 134 valence electrons. The fourth-order valence-electron chi connectivity index (χ4n) is 2.72. The summed E-state index contributed by atoms with van der Waals surface area (Å²) in [4.78, 5) is 0.526. The summed E-state index contributed by atoms with van der Waals surface area (Å²) in [6, 6.07) is 10.5. The van der Waals surface area contributed by atoms with E-state index in [1.807, 2.05) is 6.07 Å². The number of rotatable bonds is 4. The lowest BCUT2D eigenvalue weighted by atomic mass is 10.1. The second-order valence-electron chi connectivity index (χ2n) is 5.71. The standard InChI is InChI=1S/C16H16ClNO4S3/c1-24(19,20)15-4-2-3-5-16(15)25(21,22)18-13-8-9-23-14-7-6-11(17)10-12(13)14/h2-7,10,13,18H,8-9H2,1H3. The van der Waals surface area contributed by atoms with E-state index >= 15 is 0 Å². The van der Waals surface area contributed by atoms with Gasteiger partial charge in [0, 0.05) is 22.2 Å². The summed E-state index contributed by atoms with van der Waals surface area (Å²) in [5.41, 5.74) is 0.809. The lowest BCUT2D eigenvalue weighted by Crippen LogP contribution is -2.31. The molecule has 2 aromatic rings. The van der Waals surface area contributed by atoms with Gasteiger partial charge in [0.25, 0.3) is 0 Å². The normalized spacial score (nSPS) is 17.9. The van der Waals surface area contributed by atoms with Crippen LogP contribution in [0, 0.1) is 0 Å². The van der Waals surface area contributed by atoms with Crippen LogP contribution in [0.3, 0.4) is 0 Å². The first-order chi connectivity index (χ1) is 11.7. The molecule has 0 fully saturated rings. The van der Waals surface area contributed by atoms with E-state index in [1.165, 1.54) is 24.3 Å². The van der Waals surface area contributed by atoms with Crippen molar-refractivity contribution in [1.82, 2.24) is 4.72 Å². The third-order valence-corrected chi connectivity index (χ3v) is 8.02. The highest BCUT2D eigenvalue weighted by Gasteiger charge is 2.29. The monoisotopic (exact) mass is 417 g/mol. The smallest absolute Gasteiger partial charge is 0.224 e. The molecular formula is C16H16ClNO4S3. The molecule has 0 aromatic heterocycles. The molecule has 0 saturated carbocycles. The van der Waals surface area contributed by atoms with Crippen molar-refractivity contribution in [2.75, 3.05) is 12.0 Å². The molecule has 1 atom stereocenters. The lowest BCUT2D eigenvalue weighted by Gasteiger charge is -2.26. The molecule has 0 aliphatic carbocycles. The van der Waals surface area contributed by atoms with E-state index in [1.54, 1.807) is 23.9 Å². The van der Waals surface area contributed by atoms with E-state index in [9.17, 15) is 16.8 Å². The van der Waals surface area contributed by atoms with Crippen LogP contribution in [0.15, 0.2) is 57.2 Å². The average Bonchev–Trinajstić information content (AvgIpc) is 2.54. The highest BCUT2D eigenvalue weighted by atomic mass is 35.5. The van der Waals surface area contributed by atoms with Crippen LogP contribution in [0.1, 0.15) is 18.0 Å². The van der Waals surface area contributed by atoms with Gasteiger partial charge in [0.15, 0.2) is 9.84 Å². The molecule has 25 heavy (non-hydrogen) atoms. The molecule has 1 aliphatic heterocycles. The van der Waals surface area contributed by atoms with Crippen molar-refractivity contribution in [2.24, 2.45) is 0 Å². The second-order valence-corrected chi connectivity index (χ2v) is 11.0. The summed E-state index contributed by atoms with van der Waals surface area (Å²) in [6.07, 6.45) is 1.59. The first kappa shape index (κ1) is 18.7. The predicted octanol–water partition coefficient (Wildman–Crippen LogP) is 3.26. The molecule has 0 radical (unpaired) electrons. The summed E-state index contributed by atoms with van der Waals surface area (Å²) < 4.78 is 52.2. The van der Waals surface area contributed by atoms with E-state index in [0.717, 1.165) is 22.5 Å². The largest absolute Gasteiger partial charge is 0.242 e. The van der Waals surface area contributed by atoms with Crippen molar-refractivity contribution in [3.63, 3.8) is 0 Å². The van der Waals surface area contributed by atoms with E-state index in [2.05, 4.69) is 4.72 Å². The topological polar surface area (TPSA) is 80.3 Å². The van der Waals surface area contributed by atoms with E-state index in [4.69, 9.17) is 11.6 Å². The van der Waals surface area contributed by atoms with Crippen LogP contribution in [0.4, 0.5) is 0 Å². The van der Waals surface area contributed by atoms with Crippen molar-refractivity contribution in [3.8, 4) is 0 Å². The summed E-state index contributed by atoms with van der Waals surface area (Å²) in [7, 11) is -7.68. The average molecular weight is 418 g/mol. The number of hydrogen-bond donors (Lipinski definition) is 1. The van der Waals surface area contributed by atoms with Crippen molar-refractivity contribution >= 4 is 43.2 Å². The van der Waals surface area contributed by atoms with Crippen molar-refractivity contribution in [1.29, 1.82) is 0 Å². The van der Waals surface area contributed by atoms with Crippen LogP contribution in [-0.4, -0.2) is 28.8 Å².